The Morgan fingerprint density at radius 3 is 2.63 bits per heavy atom. The Bertz CT molecular complexity index is 532. The quantitative estimate of drug-likeness (QED) is 0.484. The van der Waals surface area contributed by atoms with Crippen LogP contribution >= 0.6 is 0 Å². The van der Waals surface area contributed by atoms with E-state index in [9.17, 15) is 5.11 Å². The highest BCUT2D eigenvalue weighted by atomic mass is 16.3. The number of aliphatic hydroxyl groups is 1. The van der Waals surface area contributed by atoms with E-state index in [0.29, 0.717) is 5.82 Å². The van der Waals surface area contributed by atoms with Crippen LogP contribution < -0.4 is 16.6 Å². The van der Waals surface area contributed by atoms with Crippen LogP contribution in [0.3, 0.4) is 0 Å². The average Bonchev–Trinajstić information content (AvgIpc) is 2.48. The normalized spacial score (nSPS) is 13.6. The molecule has 1 aromatic carbocycles. The predicted octanol–water partition coefficient (Wildman–Crippen LogP) is 1.69. The molecule has 1 aromatic heterocycles. The van der Waals surface area contributed by atoms with E-state index in [1.807, 2.05) is 43.3 Å². The largest absolute Gasteiger partial charge is 0.394 e. The van der Waals surface area contributed by atoms with Crippen molar-refractivity contribution in [3.05, 3.63) is 54.2 Å². The van der Waals surface area contributed by atoms with E-state index in [-0.39, 0.29) is 6.61 Å². The Balaban J connectivity index is 2.27. The Hall–Kier alpha value is -2.11. The Kier molecular flexibility index (Phi) is 3.99. The third-order valence-electron chi connectivity index (χ3n) is 3.06. The third-order valence-corrected chi connectivity index (χ3v) is 3.06. The molecule has 0 spiro atoms. The van der Waals surface area contributed by atoms with Crippen LogP contribution in [-0.2, 0) is 5.54 Å². The number of nitrogens with two attached hydrogens (primary N) is 1. The maximum absolute atomic E-state index is 9.71. The first-order valence-electron chi connectivity index (χ1n) is 6.05. The molecule has 5 nitrogen and oxygen atoms in total. The van der Waals surface area contributed by atoms with Crippen LogP contribution in [-0.4, -0.2) is 16.7 Å². The standard InChI is InChI=1S/C14H18N4O/c1-14(10-19,11-5-3-2-4-6-11)17-12-7-8-16-13(9-12)18-15/h2-9,19H,10,15H2,1H3,(H2,16,17,18). The summed E-state index contributed by atoms with van der Waals surface area (Å²) in [5.74, 6) is 5.90. The number of anilines is 2. The number of nitrogens with one attached hydrogen (secondary N) is 2. The molecule has 0 aliphatic carbocycles. The molecule has 0 aliphatic heterocycles. The topological polar surface area (TPSA) is 83.2 Å². The van der Waals surface area contributed by atoms with Gasteiger partial charge in [-0.05, 0) is 18.6 Å². The maximum Gasteiger partial charge on any atom is 0.141 e. The van der Waals surface area contributed by atoms with Gasteiger partial charge in [-0.1, -0.05) is 30.3 Å². The molecule has 19 heavy (non-hydrogen) atoms. The number of nitrogen functional groups attached to an aromatic ring is 1. The summed E-state index contributed by atoms with van der Waals surface area (Å²) in [5, 5.41) is 13.0. The first-order valence-corrected chi connectivity index (χ1v) is 6.05. The summed E-state index contributed by atoms with van der Waals surface area (Å²) in [4.78, 5) is 4.05. The van der Waals surface area contributed by atoms with Crippen LogP contribution in [0.5, 0.6) is 0 Å². The van der Waals surface area contributed by atoms with Crippen molar-refractivity contribution in [3.63, 3.8) is 0 Å². The van der Waals surface area contributed by atoms with Gasteiger partial charge < -0.3 is 15.8 Å². The molecule has 0 radical (unpaired) electrons. The van der Waals surface area contributed by atoms with E-state index in [2.05, 4.69) is 15.7 Å². The summed E-state index contributed by atoms with van der Waals surface area (Å²) < 4.78 is 0. The minimum absolute atomic E-state index is 0.0231. The molecule has 5 N–H and O–H groups in total. The van der Waals surface area contributed by atoms with Crippen molar-refractivity contribution in [1.82, 2.24) is 4.98 Å². The van der Waals surface area contributed by atoms with Crippen LogP contribution in [0.4, 0.5) is 11.5 Å². The summed E-state index contributed by atoms with van der Waals surface area (Å²) in [6.07, 6.45) is 1.65. The monoisotopic (exact) mass is 258 g/mol. The molecule has 0 saturated carbocycles. The van der Waals surface area contributed by atoms with Gasteiger partial charge in [0.25, 0.3) is 0 Å². The molecule has 0 bridgehead atoms. The second-order valence-electron chi connectivity index (χ2n) is 4.56. The van der Waals surface area contributed by atoms with Crippen molar-refractivity contribution in [2.45, 2.75) is 12.5 Å². The number of aliphatic hydroxyl groups excluding tert-OH is 1. The van der Waals surface area contributed by atoms with E-state index in [4.69, 9.17) is 5.84 Å². The Morgan fingerprint density at radius 1 is 1.26 bits per heavy atom. The number of hydrogen-bond acceptors (Lipinski definition) is 5. The number of nitrogens with zero attached hydrogens (tertiary/aromatic N) is 1. The lowest BCUT2D eigenvalue weighted by molar-refractivity contribution is 0.224. The van der Waals surface area contributed by atoms with Crippen molar-refractivity contribution in [3.8, 4) is 0 Å². The first kappa shape index (κ1) is 13.3. The number of rotatable bonds is 5. The van der Waals surface area contributed by atoms with Gasteiger partial charge in [0.05, 0.1) is 12.1 Å². The summed E-state index contributed by atoms with van der Waals surface area (Å²) in [5.41, 5.74) is 3.78. The molecule has 0 saturated heterocycles. The molecular formula is C14H18N4O. The zero-order valence-corrected chi connectivity index (χ0v) is 10.8. The Labute approximate surface area is 112 Å². The van der Waals surface area contributed by atoms with Crippen LogP contribution in [0, 0.1) is 0 Å². The molecule has 1 atom stereocenters. The van der Waals surface area contributed by atoms with Gasteiger partial charge in [0.2, 0.25) is 0 Å². The van der Waals surface area contributed by atoms with Crippen molar-refractivity contribution in [2.24, 2.45) is 5.84 Å². The second kappa shape index (κ2) is 5.69. The molecule has 2 aromatic rings. The minimum Gasteiger partial charge on any atom is -0.394 e. The number of hydrogen-bond donors (Lipinski definition) is 4. The van der Waals surface area contributed by atoms with Crippen molar-refractivity contribution >= 4 is 11.5 Å². The zero-order chi connectivity index (χ0) is 13.7. The zero-order valence-electron chi connectivity index (χ0n) is 10.8. The lowest BCUT2D eigenvalue weighted by Crippen LogP contribution is -2.35. The predicted molar refractivity (Wildman–Crippen MR) is 76.5 cm³/mol. The Morgan fingerprint density at radius 2 is 2.00 bits per heavy atom. The lowest BCUT2D eigenvalue weighted by Gasteiger charge is -2.30. The first-order chi connectivity index (χ1) is 9.18. The van der Waals surface area contributed by atoms with Gasteiger partial charge in [-0.15, -0.1) is 0 Å². The van der Waals surface area contributed by atoms with Crippen molar-refractivity contribution in [1.29, 1.82) is 0 Å². The minimum atomic E-state index is -0.561. The fourth-order valence-electron chi connectivity index (χ4n) is 1.91. The molecule has 1 heterocycles. The highest BCUT2D eigenvalue weighted by Crippen LogP contribution is 2.26. The molecular weight excluding hydrogens is 240 g/mol. The number of pyridine rings is 1. The van der Waals surface area contributed by atoms with Crippen LogP contribution in [0.15, 0.2) is 48.7 Å². The number of benzene rings is 1. The smallest absolute Gasteiger partial charge is 0.141 e. The highest BCUT2D eigenvalue weighted by Gasteiger charge is 2.25. The van der Waals surface area contributed by atoms with Gasteiger partial charge in [0, 0.05) is 18.0 Å². The summed E-state index contributed by atoms with van der Waals surface area (Å²) in [6, 6.07) is 13.4. The average molecular weight is 258 g/mol. The van der Waals surface area contributed by atoms with Crippen molar-refractivity contribution in [2.75, 3.05) is 17.3 Å². The molecule has 2 rings (SSSR count). The van der Waals surface area contributed by atoms with E-state index in [0.717, 1.165) is 11.3 Å². The van der Waals surface area contributed by atoms with Crippen molar-refractivity contribution < 1.29 is 5.11 Å². The van der Waals surface area contributed by atoms with Gasteiger partial charge in [-0.3, -0.25) is 0 Å². The van der Waals surface area contributed by atoms with Gasteiger partial charge in [0.15, 0.2) is 0 Å². The van der Waals surface area contributed by atoms with Gasteiger partial charge in [-0.25, -0.2) is 10.8 Å². The van der Waals surface area contributed by atoms with Gasteiger partial charge in [0.1, 0.15) is 5.82 Å². The third kappa shape index (κ3) is 3.01. The SMILES string of the molecule is CC(CO)(Nc1ccnc(NN)c1)c1ccccc1. The van der Waals surface area contributed by atoms with E-state index >= 15 is 0 Å². The van der Waals surface area contributed by atoms with E-state index in [1.165, 1.54) is 0 Å². The summed E-state index contributed by atoms with van der Waals surface area (Å²) >= 11 is 0. The molecule has 0 aliphatic rings. The van der Waals surface area contributed by atoms with Crippen LogP contribution in [0.2, 0.25) is 0 Å². The van der Waals surface area contributed by atoms with Gasteiger partial charge >= 0.3 is 0 Å². The molecule has 5 heteroatoms. The summed E-state index contributed by atoms with van der Waals surface area (Å²) in [6.45, 7) is 1.92. The molecule has 0 fully saturated rings. The number of aromatic nitrogens is 1. The van der Waals surface area contributed by atoms with Crippen LogP contribution in [0.25, 0.3) is 0 Å². The fraction of sp³-hybridized carbons (Fsp3) is 0.214. The second-order valence-corrected chi connectivity index (χ2v) is 4.56. The lowest BCUT2D eigenvalue weighted by atomic mass is 9.92. The molecule has 100 valence electrons. The van der Waals surface area contributed by atoms with Gasteiger partial charge in [-0.2, -0.15) is 0 Å². The molecule has 0 amide bonds. The number of hydrazine groups is 1. The maximum atomic E-state index is 9.71. The fourth-order valence-corrected chi connectivity index (χ4v) is 1.91. The van der Waals surface area contributed by atoms with E-state index < -0.39 is 5.54 Å². The highest BCUT2D eigenvalue weighted by molar-refractivity contribution is 5.54. The molecule has 1 unspecified atom stereocenters. The van der Waals surface area contributed by atoms with E-state index in [1.54, 1.807) is 12.3 Å². The summed E-state index contributed by atoms with van der Waals surface area (Å²) in [7, 11) is 0. The van der Waals surface area contributed by atoms with Crippen LogP contribution in [0.1, 0.15) is 12.5 Å².